The molecule has 1 rings (SSSR count). The van der Waals surface area contributed by atoms with Crippen molar-refractivity contribution in [1.82, 2.24) is 0 Å². The van der Waals surface area contributed by atoms with E-state index in [9.17, 15) is 0 Å². The second kappa shape index (κ2) is 6.62. The van der Waals surface area contributed by atoms with E-state index in [-0.39, 0.29) is 0 Å². The van der Waals surface area contributed by atoms with E-state index in [1.807, 2.05) is 6.07 Å². The number of ether oxygens (including phenoxy) is 1. The Morgan fingerprint density at radius 3 is 2.69 bits per heavy atom. The molecule has 0 atom stereocenters. The summed E-state index contributed by atoms with van der Waals surface area (Å²) in [5.74, 6) is 0.645. The topological polar surface area (TPSA) is 33.0 Å². The van der Waals surface area contributed by atoms with Crippen molar-refractivity contribution in [2.24, 2.45) is 0 Å². The zero-order valence-corrected chi connectivity index (χ0v) is 10.6. The van der Waals surface area contributed by atoms with Crippen molar-refractivity contribution in [2.75, 3.05) is 7.11 Å². The maximum absolute atomic E-state index is 8.43. The third-order valence-electron chi connectivity index (χ3n) is 2.32. The molecule has 16 heavy (non-hydrogen) atoms. The van der Waals surface area contributed by atoms with Crippen LogP contribution in [0.25, 0.3) is 0 Å². The number of methoxy groups -OCH3 is 1. The summed E-state index contributed by atoms with van der Waals surface area (Å²) >= 11 is 11.9. The Kier molecular flexibility index (Phi) is 5.45. The van der Waals surface area contributed by atoms with Crippen molar-refractivity contribution in [3.63, 3.8) is 0 Å². The quantitative estimate of drug-likeness (QED) is 0.740. The lowest BCUT2D eigenvalue weighted by Gasteiger charge is -2.10. The molecule has 0 aliphatic heterocycles. The minimum atomic E-state index is 0.460. The molecule has 0 N–H and O–H groups in total. The molecular weight excluding hydrogens is 245 g/mol. The van der Waals surface area contributed by atoms with Gasteiger partial charge in [-0.05, 0) is 30.9 Å². The van der Waals surface area contributed by atoms with Crippen molar-refractivity contribution in [3.05, 3.63) is 27.7 Å². The number of unbranched alkanes of at least 4 members (excludes halogenated alkanes) is 2. The Morgan fingerprint density at radius 2 is 2.06 bits per heavy atom. The van der Waals surface area contributed by atoms with Crippen LogP contribution in [0.1, 0.15) is 24.8 Å². The molecule has 0 aromatic heterocycles. The number of aryl methyl sites for hydroxylation is 1. The summed E-state index contributed by atoms with van der Waals surface area (Å²) in [6.45, 7) is 0. The highest BCUT2D eigenvalue weighted by molar-refractivity contribution is 6.43. The minimum absolute atomic E-state index is 0.460. The zero-order valence-electron chi connectivity index (χ0n) is 9.09. The van der Waals surface area contributed by atoms with Crippen LogP contribution in [0.5, 0.6) is 5.75 Å². The van der Waals surface area contributed by atoms with Gasteiger partial charge in [-0.1, -0.05) is 29.3 Å². The average molecular weight is 258 g/mol. The zero-order chi connectivity index (χ0) is 12.0. The van der Waals surface area contributed by atoms with Gasteiger partial charge in [0.15, 0.2) is 0 Å². The van der Waals surface area contributed by atoms with Gasteiger partial charge in [0.05, 0.1) is 18.2 Å². The van der Waals surface area contributed by atoms with Gasteiger partial charge in [0.2, 0.25) is 0 Å². The van der Waals surface area contributed by atoms with Crippen molar-refractivity contribution in [1.29, 1.82) is 5.26 Å². The molecule has 0 amide bonds. The van der Waals surface area contributed by atoms with Gasteiger partial charge >= 0.3 is 0 Å². The lowest BCUT2D eigenvalue weighted by atomic mass is 10.1. The molecule has 4 heteroatoms. The van der Waals surface area contributed by atoms with E-state index in [4.69, 9.17) is 33.2 Å². The second-order valence-corrected chi connectivity index (χ2v) is 4.20. The molecule has 86 valence electrons. The van der Waals surface area contributed by atoms with E-state index in [0.29, 0.717) is 22.2 Å². The van der Waals surface area contributed by atoms with Gasteiger partial charge < -0.3 is 4.74 Å². The summed E-state index contributed by atoms with van der Waals surface area (Å²) in [6, 6.07) is 5.81. The van der Waals surface area contributed by atoms with Gasteiger partial charge in [-0.25, -0.2) is 0 Å². The highest BCUT2D eigenvalue weighted by atomic mass is 35.5. The number of hydrogen-bond acceptors (Lipinski definition) is 2. The molecule has 0 saturated heterocycles. The fourth-order valence-electron chi connectivity index (χ4n) is 1.51. The van der Waals surface area contributed by atoms with Crippen LogP contribution in [0.2, 0.25) is 10.0 Å². The van der Waals surface area contributed by atoms with E-state index in [2.05, 4.69) is 6.07 Å². The van der Waals surface area contributed by atoms with Crippen LogP contribution < -0.4 is 4.74 Å². The van der Waals surface area contributed by atoms with Crippen LogP contribution in [0.4, 0.5) is 0 Å². The Hall–Kier alpha value is -0.910. The Morgan fingerprint density at radius 1 is 1.31 bits per heavy atom. The second-order valence-electron chi connectivity index (χ2n) is 3.42. The molecule has 0 spiro atoms. The minimum Gasteiger partial charge on any atom is -0.495 e. The standard InChI is InChI=1S/C12H13Cl2NO/c1-16-12-9(5-3-2-4-8-15)6-7-10(13)11(12)14/h6-7H,2-5H2,1H3. The van der Waals surface area contributed by atoms with Crippen molar-refractivity contribution in [3.8, 4) is 11.8 Å². The Balaban J connectivity index is 2.73. The number of nitrogens with zero attached hydrogens (tertiary/aromatic N) is 1. The first-order valence-corrected chi connectivity index (χ1v) is 5.84. The van der Waals surface area contributed by atoms with Crippen LogP contribution in [-0.2, 0) is 6.42 Å². The third kappa shape index (κ3) is 3.30. The van der Waals surface area contributed by atoms with E-state index in [1.54, 1.807) is 13.2 Å². The largest absolute Gasteiger partial charge is 0.495 e. The lowest BCUT2D eigenvalue weighted by Crippen LogP contribution is -1.94. The summed E-state index contributed by atoms with van der Waals surface area (Å²) in [7, 11) is 1.58. The Bertz CT molecular complexity index is 399. The van der Waals surface area contributed by atoms with Gasteiger partial charge in [-0.2, -0.15) is 5.26 Å². The number of halogens is 2. The van der Waals surface area contributed by atoms with E-state index in [0.717, 1.165) is 24.8 Å². The number of benzene rings is 1. The first-order chi connectivity index (χ1) is 7.70. The summed E-state index contributed by atoms with van der Waals surface area (Å²) in [6.07, 6.45) is 3.27. The van der Waals surface area contributed by atoms with E-state index < -0.39 is 0 Å². The van der Waals surface area contributed by atoms with Crippen molar-refractivity contribution >= 4 is 23.2 Å². The fraction of sp³-hybridized carbons (Fsp3) is 0.417. The van der Waals surface area contributed by atoms with Crippen LogP contribution >= 0.6 is 23.2 Å². The molecular formula is C12H13Cl2NO. The Labute approximate surface area is 106 Å². The normalized spacial score (nSPS) is 9.88. The predicted molar refractivity (Wildman–Crippen MR) is 66.2 cm³/mol. The van der Waals surface area contributed by atoms with Gasteiger partial charge in [-0.15, -0.1) is 0 Å². The van der Waals surface area contributed by atoms with Crippen LogP contribution in [0, 0.1) is 11.3 Å². The van der Waals surface area contributed by atoms with Gasteiger partial charge in [0, 0.05) is 6.42 Å². The maximum atomic E-state index is 8.43. The number of rotatable bonds is 5. The molecule has 1 aromatic rings. The highest BCUT2D eigenvalue weighted by Gasteiger charge is 2.10. The van der Waals surface area contributed by atoms with Crippen molar-refractivity contribution in [2.45, 2.75) is 25.7 Å². The highest BCUT2D eigenvalue weighted by Crippen LogP contribution is 2.35. The number of hydrogen-bond donors (Lipinski definition) is 0. The molecule has 0 heterocycles. The van der Waals surface area contributed by atoms with Gasteiger partial charge in [0.1, 0.15) is 10.8 Å². The predicted octanol–water partition coefficient (Wildman–Crippen LogP) is 4.24. The van der Waals surface area contributed by atoms with Gasteiger partial charge in [-0.3, -0.25) is 0 Å². The molecule has 0 saturated carbocycles. The third-order valence-corrected chi connectivity index (χ3v) is 3.11. The fourth-order valence-corrected chi connectivity index (χ4v) is 1.92. The molecule has 0 aliphatic rings. The van der Waals surface area contributed by atoms with Crippen molar-refractivity contribution < 1.29 is 4.74 Å². The maximum Gasteiger partial charge on any atom is 0.142 e. The van der Waals surface area contributed by atoms with Crippen LogP contribution in [0.3, 0.4) is 0 Å². The molecule has 0 unspecified atom stereocenters. The first kappa shape index (κ1) is 13.2. The molecule has 1 aromatic carbocycles. The summed E-state index contributed by atoms with van der Waals surface area (Å²) in [5.41, 5.74) is 1.04. The summed E-state index contributed by atoms with van der Waals surface area (Å²) in [5, 5.41) is 9.39. The first-order valence-electron chi connectivity index (χ1n) is 5.08. The summed E-state index contributed by atoms with van der Waals surface area (Å²) < 4.78 is 5.23. The van der Waals surface area contributed by atoms with Crippen LogP contribution in [-0.4, -0.2) is 7.11 Å². The molecule has 0 radical (unpaired) electrons. The molecule has 0 bridgehead atoms. The number of nitriles is 1. The average Bonchev–Trinajstić information content (AvgIpc) is 2.29. The molecule has 0 aliphatic carbocycles. The molecule has 0 fully saturated rings. The SMILES string of the molecule is COc1c(CCCCC#N)ccc(Cl)c1Cl. The monoisotopic (exact) mass is 257 g/mol. The van der Waals surface area contributed by atoms with E-state index in [1.165, 1.54) is 0 Å². The van der Waals surface area contributed by atoms with Crippen LogP contribution in [0.15, 0.2) is 12.1 Å². The lowest BCUT2D eigenvalue weighted by molar-refractivity contribution is 0.409. The van der Waals surface area contributed by atoms with E-state index >= 15 is 0 Å². The van der Waals surface area contributed by atoms with Gasteiger partial charge in [0.25, 0.3) is 0 Å². The molecule has 2 nitrogen and oxygen atoms in total. The summed E-state index contributed by atoms with van der Waals surface area (Å²) in [4.78, 5) is 0. The smallest absolute Gasteiger partial charge is 0.142 e.